The molecule has 2 unspecified atom stereocenters. The highest BCUT2D eigenvalue weighted by atomic mass is 32.1. The maximum absolute atomic E-state index is 12.6. The van der Waals surface area contributed by atoms with Gasteiger partial charge in [-0.25, -0.2) is 5.43 Å². The number of amides is 1. The molecule has 2 atom stereocenters. The zero-order valence-electron chi connectivity index (χ0n) is 15.1. The van der Waals surface area contributed by atoms with Crippen LogP contribution in [0.25, 0.3) is 10.2 Å². The molecule has 6 heteroatoms. The molecule has 2 aromatic rings. The Bertz CT molecular complexity index is 930. The Balaban J connectivity index is 1.34. The summed E-state index contributed by atoms with van der Waals surface area (Å²) in [6, 6.07) is 8.15. The SMILES string of the molecule is Cn1c(=NNC(=O)CC23CC4CC(CC(O)(C4)C2)C3)sc2ccccc21. The minimum absolute atomic E-state index is 0.0131. The molecule has 4 fully saturated rings. The van der Waals surface area contributed by atoms with Crippen LogP contribution in [0.2, 0.25) is 0 Å². The highest BCUT2D eigenvalue weighted by Gasteiger charge is 2.57. The average Bonchev–Trinajstić information content (AvgIpc) is 2.87. The number of rotatable bonds is 3. The van der Waals surface area contributed by atoms with E-state index in [9.17, 15) is 9.90 Å². The van der Waals surface area contributed by atoms with E-state index in [1.807, 2.05) is 23.7 Å². The van der Waals surface area contributed by atoms with Crippen LogP contribution in [0.4, 0.5) is 0 Å². The van der Waals surface area contributed by atoms with Crippen LogP contribution < -0.4 is 10.2 Å². The zero-order chi connectivity index (χ0) is 17.9. The van der Waals surface area contributed by atoms with Gasteiger partial charge in [-0.05, 0) is 67.9 Å². The van der Waals surface area contributed by atoms with E-state index in [2.05, 4.69) is 22.7 Å². The van der Waals surface area contributed by atoms with Gasteiger partial charge in [-0.2, -0.15) is 0 Å². The Kier molecular flexibility index (Phi) is 3.60. The van der Waals surface area contributed by atoms with Crippen LogP contribution in [0.5, 0.6) is 0 Å². The van der Waals surface area contributed by atoms with Crippen LogP contribution in [-0.2, 0) is 11.8 Å². The first kappa shape index (κ1) is 16.5. The highest BCUT2D eigenvalue weighted by molar-refractivity contribution is 7.16. The largest absolute Gasteiger partial charge is 0.390 e. The smallest absolute Gasteiger partial charge is 0.240 e. The van der Waals surface area contributed by atoms with Crippen molar-refractivity contribution in [3.05, 3.63) is 29.1 Å². The van der Waals surface area contributed by atoms with Gasteiger partial charge in [-0.3, -0.25) is 4.79 Å². The Labute approximate surface area is 156 Å². The molecular weight excluding hydrogens is 346 g/mol. The van der Waals surface area contributed by atoms with Crippen LogP contribution in [0.1, 0.15) is 44.9 Å². The van der Waals surface area contributed by atoms with Gasteiger partial charge in [0.25, 0.3) is 0 Å². The average molecular weight is 372 g/mol. The summed E-state index contributed by atoms with van der Waals surface area (Å²) >= 11 is 1.58. The van der Waals surface area contributed by atoms with Crippen LogP contribution >= 0.6 is 11.3 Å². The first-order valence-corrected chi connectivity index (χ1v) is 10.3. The molecular formula is C20H25N3O2S. The molecule has 1 aromatic carbocycles. The van der Waals surface area contributed by atoms with Gasteiger partial charge in [-0.1, -0.05) is 23.5 Å². The van der Waals surface area contributed by atoms with Crippen molar-refractivity contribution in [1.29, 1.82) is 0 Å². The number of aromatic nitrogens is 1. The molecule has 6 rings (SSSR count). The summed E-state index contributed by atoms with van der Waals surface area (Å²) < 4.78 is 3.17. The molecule has 1 amide bonds. The topological polar surface area (TPSA) is 66.6 Å². The van der Waals surface area contributed by atoms with Crippen molar-refractivity contribution in [1.82, 2.24) is 9.99 Å². The Morgan fingerprint density at radius 2 is 2.04 bits per heavy atom. The third-order valence-corrected chi connectivity index (χ3v) is 7.79. The third-order valence-electron chi connectivity index (χ3n) is 6.68. The fourth-order valence-corrected chi connectivity index (χ4v) is 7.27. The number of fused-ring (bicyclic) bond motifs is 1. The van der Waals surface area contributed by atoms with Gasteiger partial charge in [-0.15, -0.1) is 5.10 Å². The number of benzene rings is 1. The highest BCUT2D eigenvalue weighted by Crippen LogP contribution is 2.62. The maximum Gasteiger partial charge on any atom is 0.240 e. The minimum Gasteiger partial charge on any atom is -0.390 e. The number of hydrogen-bond donors (Lipinski definition) is 2. The van der Waals surface area contributed by atoms with E-state index in [4.69, 9.17) is 0 Å². The predicted octanol–water partition coefficient (Wildman–Crippen LogP) is 2.89. The fourth-order valence-electron chi connectivity index (χ4n) is 6.29. The number of aryl methyl sites for hydroxylation is 1. The molecule has 4 saturated carbocycles. The fraction of sp³-hybridized carbons (Fsp3) is 0.600. The summed E-state index contributed by atoms with van der Waals surface area (Å²) in [6.07, 6.45) is 6.58. The van der Waals surface area contributed by atoms with Crippen molar-refractivity contribution in [2.24, 2.45) is 29.4 Å². The minimum atomic E-state index is -0.514. The molecule has 5 nitrogen and oxygen atoms in total. The summed E-state index contributed by atoms with van der Waals surface area (Å²) in [7, 11) is 1.97. The number of aliphatic hydroxyl groups is 1. The number of carbonyl (C=O) groups excluding carboxylic acids is 1. The van der Waals surface area contributed by atoms with E-state index in [1.165, 1.54) is 6.42 Å². The molecule has 0 aliphatic heterocycles. The number of thiazole rings is 1. The van der Waals surface area contributed by atoms with Crippen LogP contribution in [0.15, 0.2) is 29.4 Å². The summed E-state index contributed by atoms with van der Waals surface area (Å²) in [6.45, 7) is 0. The summed E-state index contributed by atoms with van der Waals surface area (Å²) in [5, 5.41) is 15.2. The predicted molar refractivity (Wildman–Crippen MR) is 101 cm³/mol. The lowest BCUT2D eigenvalue weighted by Gasteiger charge is -2.60. The van der Waals surface area contributed by atoms with Crippen molar-refractivity contribution in [2.45, 2.75) is 50.5 Å². The Hall–Kier alpha value is -1.66. The quantitative estimate of drug-likeness (QED) is 0.815. The molecule has 4 aliphatic carbocycles. The van der Waals surface area contributed by atoms with E-state index in [-0.39, 0.29) is 11.3 Å². The lowest BCUT2D eigenvalue weighted by atomic mass is 9.47. The number of nitrogens with zero attached hydrogens (tertiary/aromatic N) is 2. The normalized spacial score (nSPS) is 36.0. The Morgan fingerprint density at radius 1 is 1.31 bits per heavy atom. The van der Waals surface area contributed by atoms with Crippen LogP contribution in [0, 0.1) is 17.3 Å². The number of para-hydroxylation sites is 1. The van der Waals surface area contributed by atoms with Crippen molar-refractivity contribution in [3.63, 3.8) is 0 Å². The van der Waals surface area contributed by atoms with Crippen LogP contribution in [-0.4, -0.2) is 21.2 Å². The second kappa shape index (κ2) is 5.67. The van der Waals surface area contributed by atoms with E-state index < -0.39 is 5.60 Å². The van der Waals surface area contributed by atoms with Gasteiger partial charge in [0.2, 0.25) is 10.7 Å². The molecule has 0 radical (unpaired) electrons. The number of nitrogens with one attached hydrogen (secondary N) is 1. The van der Waals surface area contributed by atoms with E-state index in [0.717, 1.165) is 47.1 Å². The second-order valence-corrected chi connectivity index (χ2v) is 9.93. The van der Waals surface area contributed by atoms with Gasteiger partial charge >= 0.3 is 0 Å². The summed E-state index contributed by atoms with van der Waals surface area (Å²) in [5.41, 5.74) is 3.37. The first-order valence-electron chi connectivity index (χ1n) is 9.53. The number of carbonyl (C=O) groups is 1. The van der Waals surface area contributed by atoms with Crippen LogP contribution in [0.3, 0.4) is 0 Å². The standard InChI is InChI=1S/C20H25N3O2S/c1-23-15-4-2-3-5-16(15)26-18(23)22-21-17(24)11-19-7-13-6-14(8-19)10-20(25,9-13)12-19/h2-5,13-14,25H,6-12H2,1H3,(H,21,24). The molecule has 1 aromatic heterocycles. The summed E-state index contributed by atoms with van der Waals surface area (Å²) in [4.78, 5) is 13.4. The van der Waals surface area contributed by atoms with Crippen molar-refractivity contribution >= 4 is 27.5 Å². The number of hydrogen-bond acceptors (Lipinski definition) is 4. The molecule has 1 heterocycles. The van der Waals surface area contributed by atoms with Crippen molar-refractivity contribution < 1.29 is 9.90 Å². The lowest BCUT2D eigenvalue weighted by molar-refractivity contribution is -0.169. The molecule has 4 aliphatic rings. The molecule has 26 heavy (non-hydrogen) atoms. The summed E-state index contributed by atoms with van der Waals surface area (Å²) in [5.74, 6) is 1.19. The van der Waals surface area contributed by atoms with Crippen molar-refractivity contribution in [2.75, 3.05) is 0 Å². The van der Waals surface area contributed by atoms with Gasteiger partial charge in [0.1, 0.15) is 0 Å². The second-order valence-electron chi connectivity index (χ2n) is 8.92. The maximum atomic E-state index is 12.6. The first-order chi connectivity index (χ1) is 12.4. The van der Waals surface area contributed by atoms with Crippen molar-refractivity contribution in [3.8, 4) is 0 Å². The monoisotopic (exact) mass is 371 g/mol. The zero-order valence-corrected chi connectivity index (χ0v) is 15.9. The molecule has 138 valence electrons. The third kappa shape index (κ3) is 2.70. The van der Waals surface area contributed by atoms with Gasteiger partial charge in [0.05, 0.1) is 15.8 Å². The molecule has 2 N–H and O–H groups in total. The molecule has 4 bridgehead atoms. The molecule has 0 spiro atoms. The van der Waals surface area contributed by atoms with Gasteiger partial charge in [0, 0.05) is 13.5 Å². The lowest BCUT2D eigenvalue weighted by Crippen LogP contribution is -2.56. The van der Waals surface area contributed by atoms with E-state index >= 15 is 0 Å². The Morgan fingerprint density at radius 3 is 2.73 bits per heavy atom. The van der Waals surface area contributed by atoms with Gasteiger partial charge < -0.3 is 9.67 Å². The van der Waals surface area contributed by atoms with E-state index in [0.29, 0.717) is 18.3 Å². The molecule has 0 saturated heterocycles. The van der Waals surface area contributed by atoms with E-state index in [1.54, 1.807) is 11.3 Å². The van der Waals surface area contributed by atoms with Gasteiger partial charge in [0.15, 0.2) is 0 Å².